The summed E-state index contributed by atoms with van der Waals surface area (Å²) in [6, 6.07) is 3.93. The lowest BCUT2D eigenvalue weighted by molar-refractivity contribution is -0.134. The molecule has 3 unspecified atom stereocenters. The van der Waals surface area contributed by atoms with E-state index in [1.165, 1.54) is 36.1 Å². The van der Waals surface area contributed by atoms with Gasteiger partial charge in [-0.15, -0.1) is 0 Å². The fourth-order valence-electron chi connectivity index (χ4n) is 2.33. The minimum atomic E-state index is -1.41. The van der Waals surface area contributed by atoms with Crippen LogP contribution in [0.4, 0.5) is 8.78 Å². The second-order valence-electron chi connectivity index (χ2n) is 5.45. The molecule has 0 bridgehead atoms. The van der Waals surface area contributed by atoms with E-state index in [-0.39, 0.29) is 19.5 Å². The van der Waals surface area contributed by atoms with Gasteiger partial charge in [0.15, 0.2) is 0 Å². The van der Waals surface area contributed by atoms with E-state index in [9.17, 15) is 18.7 Å². The number of carbonyl (C=O) groups is 1. The Morgan fingerprint density at radius 2 is 2.05 bits per heavy atom. The van der Waals surface area contributed by atoms with Gasteiger partial charge in [0.2, 0.25) is 5.91 Å². The largest absolute Gasteiger partial charge is 0.386 e. The maximum Gasteiger partial charge on any atom is 0.242 e. The van der Waals surface area contributed by atoms with Crippen LogP contribution < -0.4 is 5.73 Å². The molecule has 1 aromatic carbocycles. The molecule has 0 radical (unpaired) electrons. The third-order valence-corrected chi connectivity index (χ3v) is 3.57. The van der Waals surface area contributed by atoms with Gasteiger partial charge in [-0.05, 0) is 24.6 Å². The fraction of sp³-hybridized carbons (Fsp3) is 0.500. The van der Waals surface area contributed by atoms with E-state index in [0.717, 1.165) is 0 Å². The molecule has 1 saturated heterocycles. The van der Waals surface area contributed by atoms with E-state index in [1.54, 1.807) is 0 Å². The predicted molar refractivity (Wildman–Crippen MR) is 70.0 cm³/mol. The summed E-state index contributed by atoms with van der Waals surface area (Å²) < 4.78 is 26.5. The number of nitrogens with two attached hydrogens (primary N) is 1. The molecule has 0 aromatic heterocycles. The van der Waals surface area contributed by atoms with E-state index in [0.29, 0.717) is 5.56 Å². The van der Waals surface area contributed by atoms with Gasteiger partial charge in [0.25, 0.3) is 0 Å². The summed E-state index contributed by atoms with van der Waals surface area (Å²) in [6.07, 6.45) is -0.979. The van der Waals surface area contributed by atoms with Crippen LogP contribution in [0.1, 0.15) is 25.0 Å². The molecule has 0 saturated carbocycles. The summed E-state index contributed by atoms with van der Waals surface area (Å²) in [7, 11) is 0. The molecule has 1 aliphatic rings. The van der Waals surface area contributed by atoms with Crippen LogP contribution in [0.3, 0.4) is 0 Å². The monoisotopic (exact) mass is 284 g/mol. The first-order chi connectivity index (χ1) is 9.30. The molecular formula is C14H18F2N2O2. The zero-order valence-corrected chi connectivity index (χ0v) is 11.2. The Hall–Kier alpha value is -1.53. The van der Waals surface area contributed by atoms with Gasteiger partial charge in [0, 0.05) is 13.0 Å². The van der Waals surface area contributed by atoms with Gasteiger partial charge in [-0.25, -0.2) is 8.78 Å². The Balaban J connectivity index is 2.05. The third kappa shape index (κ3) is 3.13. The molecule has 1 fully saturated rings. The van der Waals surface area contributed by atoms with Crippen LogP contribution in [0.15, 0.2) is 24.3 Å². The van der Waals surface area contributed by atoms with Crippen molar-refractivity contribution < 1.29 is 18.7 Å². The van der Waals surface area contributed by atoms with Crippen LogP contribution in [0.25, 0.3) is 0 Å². The van der Waals surface area contributed by atoms with Crippen molar-refractivity contribution in [1.82, 2.24) is 4.90 Å². The molecular weight excluding hydrogens is 266 g/mol. The molecule has 20 heavy (non-hydrogen) atoms. The topological polar surface area (TPSA) is 66.6 Å². The molecule has 1 amide bonds. The van der Waals surface area contributed by atoms with Crippen molar-refractivity contribution in [3.8, 4) is 0 Å². The molecule has 1 heterocycles. The summed E-state index contributed by atoms with van der Waals surface area (Å²) in [4.78, 5) is 13.4. The first-order valence-electron chi connectivity index (χ1n) is 6.47. The Labute approximate surface area is 116 Å². The number of benzene rings is 1. The van der Waals surface area contributed by atoms with Crippen molar-refractivity contribution in [2.75, 3.05) is 13.1 Å². The zero-order chi connectivity index (χ0) is 14.9. The molecule has 1 aliphatic heterocycles. The maximum atomic E-state index is 13.7. The van der Waals surface area contributed by atoms with Crippen molar-refractivity contribution in [2.24, 2.45) is 5.73 Å². The Bertz CT molecular complexity index is 490. The van der Waals surface area contributed by atoms with Gasteiger partial charge in [-0.3, -0.25) is 4.79 Å². The number of carbonyl (C=O) groups excluding carboxylic acids is 1. The maximum absolute atomic E-state index is 13.7. The van der Waals surface area contributed by atoms with Crippen molar-refractivity contribution in [3.05, 3.63) is 35.6 Å². The van der Waals surface area contributed by atoms with Crippen LogP contribution in [-0.4, -0.2) is 40.7 Å². The smallest absolute Gasteiger partial charge is 0.242 e. The van der Waals surface area contributed by atoms with Crippen LogP contribution in [-0.2, 0) is 4.79 Å². The highest BCUT2D eigenvalue weighted by Crippen LogP contribution is 2.26. The van der Waals surface area contributed by atoms with Crippen molar-refractivity contribution >= 4 is 5.91 Å². The third-order valence-electron chi connectivity index (χ3n) is 3.57. The SMILES string of the molecule is CC1(F)CCN(C(=O)C(N)C(O)c2ccc(F)cc2)C1. The van der Waals surface area contributed by atoms with Crippen molar-refractivity contribution in [2.45, 2.75) is 31.2 Å². The number of halogens is 2. The molecule has 2 rings (SSSR count). The summed E-state index contributed by atoms with van der Waals surface area (Å²) >= 11 is 0. The molecule has 4 nitrogen and oxygen atoms in total. The Morgan fingerprint density at radius 3 is 2.55 bits per heavy atom. The van der Waals surface area contributed by atoms with Gasteiger partial charge >= 0.3 is 0 Å². The Morgan fingerprint density at radius 1 is 1.45 bits per heavy atom. The quantitative estimate of drug-likeness (QED) is 0.875. The summed E-state index contributed by atoms with van der Waals surface area (Å²) in [5.74, 6) is -0.934. The van der Waals surface area contributed by atoms with Gasteiger partial charge in [-0.1, -0.05) is 12.1 Å². The number of aliphatic hydroxyl groups is 1. The molecule has 0 aliphatic carbocycles. The van der Waals surface area contributed by atoms with E-state index in [2.05, 4.69) is 0 Å². The van der Waals surface area contributed by atoms with Gasteiger partial charge in [-0.2, -0.15) is 0 Å². The first-order valence-corrected chi connectivity index (χ1v) is 6.47. The molecule has 0 spiro atoms. The lowest BCUT2D eigenvalue weighted by Crippen LogP contribution is -2.46. The normalized spacial score (nSPS) is 25.6. The highest BCUT2D eigenvalue weighted by atomic mass is 19.1. The number of rotatable bonds is 3. The van der Waals surface area contributed by atoms with Crippen molar-refractivity contribution in [3.63, 3.8) is 0 Å². The number of alkyl halides is 1. The lowest BCUT2D eigenvalue weighted by atomic mass is 10.0. The van der Waals surface area contributed by atoms with E-state index in [4.69, 9.17) is 5.73 Å². The van der Waals surface area contributed by atoms with Crippen LogP contribution in [0, 0.1) is 5.82 Å². The number of hydrogen-bond donors (Lipinski definition) is 2. The Kier molecular flexibility index (Phi) is 4.06. The minimum Gasteiger partial charge on any atom is -0.386 e. The second kappa shape index (κ2) is 5.46. The molecule has 6 heteroatoms. The number of nitrogens with zero attached hydrogens (tertiary/aromatic N) is 1. The first kappa shape index (κ1) is 14.9. The summed E-state index contributed by atoms with van der Waals surface area (Å²) in [6.45, 7) is 1.70. The number of amides is 1. The van der Waals surface area contributed by atoms with E-state index < -0.39 is 29.5 Å². The molecule has 1 aromatic rings. The van der Waals surface area contributed by atoms with Crippen LogP contribution >= 0.6 is 0 Å². The van der Waals surface area contributed by atoms with E-state index >= 15 is 0 Å². The number of hydrogen-bond acceptors (Lipinski definition) is 3. The molecule has 3 N–H and O–H groups in total. The van der Waals surface area contributed by atoms with Crippen LogP contribution in [0.2, 0.25) is 0 Å². The average molecular weight is 284 g/mol. The predicted octanol–water partition coefficient (Wildman–Crippen LogP) is 1.15. The highest BCUT2D eigenvalue weighted by Gasteiger charge is 2.39. The van der Waals surface area contributed by atoms with Gasteiger partial charge < -0.3 is 15.7 Å². The second-order valence-corrected chi connectivity index (χ2v) is 5.45. The lowest BCUT2D eigenvalue weighted by Gasteiger charge is -2.24. The zero-order valence-electron chi connectivity index (χ0n) is 11.2. The highest BCUT2D eigenvalue weighted by molar-refractivity contribution is 5.83. The molecule has 110 valence electrons. The number of aliphatic hydroxyl groups excluding tert-OH is 1. The average Bonchev–Trinajstić information content (AvgIpc) is 2.77. The number of likely N-dealkylation sites (tertiary alicyclic amines) is 1. The van der Waals surface area contributed by atoms with E-state index in [1.807, 2.05) is 0 Å². The van der Waals surface area contributed by atoms with Gasteiger partial charge in [0.1, 0.15) is 23.6 Å². The fourth-order valence-corrected chi connectivity index (χ4v) is 2.33. The summed E-state index contributed by atoms with van der Waals surface area (Å²) in [5, 5.41) is 10.1. The molecule has 3 atom stereocenters. The summed E-state index contributed by atoms with van der Waals surface area (Å²) in [5.41, 5.74) is 4.69. The van der Waals surface area contributed by atoms with Crippen LogP contribution in [0.5, 0.6) is 0 Å². The minimum absolute atomic E-state index is 0.0182. The van der Waals surface area contributed by atoms with Crippen molar-refractivity contribution in [1.29, 1.82) is 0 Å². The van der Waals surface area contributed by atoms with Gasteiger partial charge in [0.05, 0.1) is 6.54 Å². The standard InChI is InChI=1S/C14H18F2N2O2/c1-14(16)6-7-18(8-14)13(20)11(17)12(19)9-2-4-10(15)5-3-9/h2-5,11-12,19H,6-8,17H2,1H3.